The fourth-order valence-corrected chi connectivity index (χ4v) is 5.03. The van der Waals surface area contributed by atoms with Crippen LogP contribution in [0.5, 0.6) is 0 Å². The zero-order chi connectivity index (χ0) is 25.7. The lowest BCUT2D eigenvalue weighted by Crippen LogP contribution is -2.38. The van der Waals surface area contributed by atoms with E-state index in [4.69, 9.17) is 0 Å². The Balaban J connectivity index is 1.31. The van der Waals surface area contributed by atoms with Gasteiger partial charge in [-0.3, -0.25) is 19.7 Å². The maximum atomic E-state index is 13.0. The minimum atomic E-state index is -0.434. The number of carbonyl (C=O) groups is 2. The molecule has 186 valence electrons. The van der Waals surface area contributed by atoms with Gasteiger partial charge in [0.25, 0.3) is 11.6 Å². The number of benzene rings is 2. The lowest BCUT2D eigenvalue weighted by atomic mass is 9.89. The first kappa shape index (κ1) is 25.4. The summed E-state index contributed by atoms with van der Waals surface area (Å²) in [6, 6.07) is 16.3. The van der Waals surface area contributed by atoms with Crippen LogP contribution in [0.4, 0.5) is 11.4 Å². The number of aromatic nitrogens is 1. The zero-order valence-corrected chi connectivity index (χ0v) is 21.1. The molecule has 2 aromatic carbocycles. The van der Waals surface area contributed by atoms with Gasteiger partial charge >= 0.3 is 0 Å². The van der Waals surface area contributed by atoms with E-state index in [9.17, 15) is 19.7 Å². The SMILES string of the molecule is CSc1ncccc1C(=O)N1CCC(c2ccc(NC(=O)Cc3ccc(C)c([N+](=O)[O-])c3)cc2)CC1. The number of nitrogens with one attached hydrogen (secondary N) is 1. The van der Waals surface area contributed by atoms with E-state index >= 15 is 0 Å². The summed E-state index contributed by atoms with van der Waals surface area (Å²) >= 11 is 1.48. The molecular weight excluding hydrogens is 476 g/mol. The Bertz CT molecular complexity index is 1270. The van der Waals surface area contributed by atoms with Crippen LogP contribution < -0.4 is 5.32 Å². The number of carbonyl (C=O) groups excluding carboxylic acids is 2. The van der Waals surface area contributed by atoms with Gasteiger partial charge in [0.2, 0.25) is 5.91 Å². The molecule has 0 aliphatic carbocycles. The third-order valence-electron chi connectivity index (χ3n) is 6.48. The molecule has 1 aromatic heterocycles. The van der Waals surface area contributed by atoms with Crippen LogP contribution in [0.25, 0.3) is 0 Å². The summed E-state index contributed by atoms with van der Waals surface area (Å²) in [6.45, 7) is 3.05. The Morgan fingerprint density at radius 1 is 1.14 bits per heavy atom. The van der Waals surface area contributed by atoms with Crippen LogP contribution >= 0.6 is 11.8 Å². The van der Waals surface area contributed by atoms with E-state index < -0.39 is 4.92 Å². The molecule has 3 aromatic rings. The number of rotatable bonds is 7. The number of hydrogen-bond donors (Lipinski definition) is 1. The van der Waals surface area contributed by atoms with Gasteiger partial charge in [-0.15, -0.1) is 11.8 Å². The minimum Gasteiger partial charge on any atom is -0.339 e. The standard InChI is InChI=1S/C27H28N4O4S/c1-18-5-6-19(16-24(18)31(34)35)17-25(32)29-22-9-7-20(8-10-22)21-11-14-30(15-12-21)27(33)23-4-3-13-28-26(23)36-2/h3-10,13,16,21H,11-12,14-15,17H2,1-2H3,(H,29,32). The molecule has 1 N–H and O–H groups in total. The summed E-state index contributed by atoms with van der Waals surface area (Å²) in [5.74, 6) is 0.149. The van der Waals surface area contributed by atoms with E-state index in [0.29, 0.717) is 41.4 Å². The molecule has 4 rings (SSSR count). The third-order valence-corrected chi connectivity index (χ3v) is 7.19. The van der Waals surface area contributed by atoms with E-state index in [1.54, 1.807) is 31.3 Å². The van der Waals surface area contributed by atoms with Crippen LogP contribution in [0.3, 0.4) is 0 Å². The predicted octanol–water partition coefficient (Wildman–Crippen LogP) is 5.22. The molecule has 1 aliphatic heterocycles. The number of piperidine rings is 1. The summed E-state index contributed by atoms with van der Waals surface area (Å²) in [7, 11) is 0. The molecule has 0 spiro atoms. The number of anilines is 1. The van der Waals surface area contributed by atoms with Crippen LogP contribution in [0.15, 0.2) is 65.8 Å². The molecule has 9 heteroatoms. The van der Waals surface area contributed by atoms with Crippen LogP contribution in [0.1, 0.15) is 45.8 Å². The van der Waals surface area contributed by atoms with Gasteiger partial charge in [0, 0.05) is 36.6 Å². The number of thioether (sulfide) groups is 1. The van der Waals surface area contributed by atoms with E-state index in [-0.39, 0.29) is 23.9 Å². The first-order valence-electron chi connectivity index (χ1n) is 11.8. The quantitative estimate of drug-likeness (QED) is 0.269. The Kier molecular flexibility index (Phi) is 8.00. The molecule has 1 saturated heterocycles. The van der Waals surface area contributed by atoms with Gasteiger partial charge in [-0.25, -0.2) is 4.98 Å². The lowest BCUT2D eigenvalue weighted by molar-refractivity contribution is -0.385. The van der Waals surface area contributed by atoms with Gasteiger partial charge in [-0.1, -0.05) is 24.3 Å². The van der Waals surface area contributed by atoms with E-state index in [1.165, 1.54) is 23.4 Å². The van der Waals surface area contributed by atoms with Gasteiger partial charge in [-0.05, 0) is 67.3 Å². The van der Waals surface area contributed by atoms with Crippen molar-refractivity contribution < 1.29 is 14.5 Å². The summed E-state index contributed by atoms with van der Waals surface area (Å²) in [6.07, 6.45) is 5.43. The molecule has 36 heavy (non-hydrogen) atoms. The molecule has 0 bridgehead atoms. The predicted molar refractivity (Wildman–Crippen MR) is 141 cm³/mol. The van der Waals surface area contributed by atoms with Crippen molar-refractivity contribution in [2.75, 3.05) is 24.7 Å². The Morgan fingerprint density at radius 3 is 2.53 bits per heavy atom. The Hall–Kier alpha value is -3.72. The molecule has 0 saturated carbocycles. The highest BCUT2D eigenvalue weighted by molar-refractivity contribution is 7.98. The molecule has 0 atom stereocenters. The average molecular weight is 505 g/mol. The van der Waals surface area contributed by atoms with Crippen molar-refractivity contribution in [3.63, 3.8) is 0 Å². The largest absolute Gasteiger partial charge is 0.339 e. The van der Waals surface area contributed by atoms with Gasteiger partial charge in [0.05, 0.1) is 16.9 Å². The number of pyridine rings is 1. The first-order valence-corrected chi connectivity index (χ1v) is 13.0. The van der Waals surface area contributed by atoms with Crippen LogP contribution in [0, 0.1) is 17.0 Å². The number of nitro groups is 1. The highest BCUT2D eigenvalue weighted by atomic mass is 32.2. The van der Waals surface area contributed by atoms with Crippen molar-refractivity contribution in [2.24, 2.45) is 0 Å². The van der Waals surface area contributed by atoms with E-state index in [0.717, 1.165) is 17.9 Å². The molecule has 2 amide bonds. The number of nitro benzene ring substituents is 1. The maximum Gasteiger partial charge on any atom is 0.272 e. The number of aryl methyl sites for hydroxylation is 1. The van der Waals surface area contributed by atoms with Crippen molar-refractivity contribution in [2.45, 2.75) is 37.1 Å². The van der Waals surface area contributed by atoms with Crippen LogP contribution in [0.2, 0.25) is 0 Å². The second-order valence-corrected chi connectivity index (χ2v) is 9.65. The maximum absolute atomic E-state index is 13.0. The fourth-order valence-electron chi connectivity index (χ4n) is 4.49. The Morgan fingerprint density at radius 2 is 1.86 bits per heavy atom. The highest BCUT2D eigenvalue weighted by Gasteiger charge is 2.26. The molecule has 1 fully saturated rings. The molecule has 2 heterocycles. The van der Waals surface area contributed by atoms with E-state index in [2.05, 4.69) is 10.3 Å². The van der Waals surface area contributed by atoms with Gasteiger partial charge in [0.15, 0.2) is 0 Å². The van der Waals surface area contributed by atoms with Crippen molar-refractivity contribution in [1.82, 2.24) is 9.88 Å². The summed E-state index contributed by atoms with van der Waals surface area (Å²) in [4.78, 5) is 42.3. The number of nitrogens with zero attached hydrogens (tertiary/aromatic N) is 3. The summed E-state index contributed by atoms with van der Waals surface area (Å²) in [5, 5.41) is 14.8. The lowest BCUT2D eigenvalue weighted by Gasteiger charge is -2.32. The molecular formula is C27H28N4O4S. The minimum absolute atomic E-state index is 0.0162. The normalized spacial score (nSPS) is 13.9. The van der Waals surface area contributed by atoms with Gasteiger partial charge < -0.3 is 10.2 Å². The van der Waals surface area contributed by atoms with Crippen LogP contribution in [-0.4, -0.2) is 46.0 Å². The molecule has 8 nitrogen and oxygen atoms in total. The van der Waals surface area contributed by atoms with E-state index in [1.807, 2.05) is 41.5 Å². The number of likely N-dealkylation sites (tertiary alicyclic amines) is 1. The van der Waals surface area contributed by atoms with Crippen molar-refractivity contribution in [3.05, 3.63) is 93.2 Å². The molecule has 0 unspecified atom stereocenters. The van der Waals surface area contributed by atoms with Crippen LogP contribution in [-0.2, 0) is 11.2 Å². The molecule has 0 radical (unpaired) electrons. The molecule has 1 aliphatic rings. The highest BCUT2D eigenvalue weighted by Crippen LogP contribution is 2.30. The van der Waals surface area contributed by atoms with Crippen molar-refractivity contribution >= 4 is 35.0 Å². The smallest absolute Gasteiger partial charge is 0.272 e. The van der Waals surface area contributed by atoms with Crippen molar-refractivity contribution in [1.29, 1.82) is 0 Å². The average Bonchev–Trinajstić information content (AvgIpc) is 2.89. The summed E-state index contributed by atoms with van der Waals surface area (Å²) < 4.78 is 0. The topological polar surface area (TPSA) is 105 Å². The number of amides is 2. The zero-order valence-electron chi connectivity index (χ0n) is 20.3. The third kappa shape index (κ3) is 5.91. The van der Waals surface area contributed by atoms with Crippen molar-refractivity contribution in [3.8, 4) is 0 Å². The second kappa shape index (κ2) is 11.3. The Labute approximate surface area is 214 Å². The summed E-state index contributed by atoms with van der Waals surface area (Å²) in [5.41, 5.74) is 3.70. The van der Waals surface area contributed by atoms with Gasteiger partial charge in [0.1, 0.15) is 5.03 Å². The first-order chi connectivity index (χ1) is 17.4. The second-order valence-electron chi connectivity index (χ2n) is 8.85. The number of hydrogen-bond acceptors (Lipinski definition) is 6. The fraction of sp³-hybridized carbons (Fsp3) is 0.296. The van der Waals surface area contributed by atoms with Gasteiger partial charge in [-0.2, -0.15) is 0 Å². The monoisotopic (exact) mass is 504 g/mol.